The van der Waals surface area contributed by atoms with Gasteiger partial charge in [0.2, 0.25) is 0 Å². The smallest absolute Gasteiger partial charge is 0.409 e. The lowest BCUT2D eigenvalue weighted by Gasteiger charge is -2.33. The summed E-state index contributed by atoms with van der Waals surface area (Å²) in [6, 6.07) is 8.01. The van der Waals surface area contributed by atoms with Gasteiger partial charge in [-0.25, -0.2) is 9.78 Å². The number of aromatic nitrogens is 2. The lowest BCUT2D eigenvalue weighted by atomic mass is 9.91. The van der Waals surface area contributed by atoms with Crippen molar-refractivity contribution in [2.24, 2.45) is 0 Å². The Morgan fingerprint density at radius 1 is 1.41 bits per heavy atom. The fourth-order valence-corrected chi connectivity index (χ4v) is 5.56. The molecule has 0 aliphatic carbocycles. The third kappa shape index (κ3) is 3.48. The van der Waals surface area contributed by atoms with Crippen LogP contribution in [0.15, 0.2) is 39.0 Å². The van der Waals surface area contributed by atoms with Crippen LogP contribution in [0.25, 0.3) is 11.4 Å². The molecule has 1 N–H and O–H groups in total. The molecule has 0 bridgehead atoms. The minimum Gasteiger partial charge on any atom is -0.450 e. The number of hydrogen-bond donors (Lipinski definition) is 1. The first-order valence-corrected chi connectivity index (χ1v) is 11.1. The molecule has 2 aliphatic rings. The zero-order valence-electron chi connectivity index (χ0n) is 15.2. The van der Waals surface area contributed by atoms with E-state index in [2.05, 4.69) is 4.98 Å². The zero-order valence-corrected chi connectivity index (χ0v) is 16.9. The number of aromatic amines is 1. The fraction of sp³-hybridized carbons (Fsp3) is 0.421. The van der Waals surface area contributed by atoms with Crippen LogP contribution in [0, 0.1) is 0 Å². The van der Waals surface area contributed by atoms with Gasteiger partial charge in [-0.15, -0.1) is 11.8 Å². The molecule has 1 amide bonds. The molecule has 8 heteroatoms. The standard InChI is InChI=1S/C19H21N3O3S2/c1-3-25-19(24)22-9-8-13-14(10-22)27-18-15(13)17(23)20-16(21-18)11-4-6-12(26-2)7-5-11/h4-7,13-14H,3,8-10H2,1-2H3,(H,20,21,23). The van der Waals surface area contributed by atoms with Gasteiger partial charge >= 0.3 is 6.09 Å². The van der Waals surface area contributed by atoms with E-state index in [-0.39, 0.29) is 22.8 Å². The highest BCUT2D eigenvalue weighted by Gasteiger charge is 2.42. The molecule has 1 aromatic heterocycles. The van der Waals surface area contributed by atoms with Gasteiger partial charge in [-0.05, 0) is 31.7 Å². The molecule has 3 heterocycles. The molecule has 0 saturated carbocycles. The Kier molecular flexibility index (Phi) is 5.19. The number of ether oxygens (including phenoxy) is 1. The average Bonchev–Trinajstić information content (AvgIpc) is 3.06. The van der Waals surface area contributed by atoms with E-state index in [1.54, 1.807) is 28.4 Å². The monoisotopic (exact) mass is 403 g/mol. The molecular formula is C19H21N3O3S2. The molecule has 0 spiro atoms. The highest BCUT2D eigenvalue weighted by molar-refractivity contribution is 8.00. The summed E-state index contributed by atoms with van der Waals surface area (Å²) in [6.07, 6.45) is 2.52. The van der Waals surface area contributed by atoms with Gasteiger partial charge in [-0.2, -0.15) is 0 Å². The second-order valence-corrected chi connectivity index (χ2v) is 8.67. The predicted molar refractivity (Wildman–Crippen MR) is 108 cm³/mol. The van der Waals surface area contributed by atoms with Gasteiger partial charge in [0, 0.05) is 34.7 Å². The van der Waals surface area contributed by atoms with Crippen molar-refractivity contribution < 1.29 is 9.53 Å². The van der Waals surface area contributed by atoms with Crippen molar-refractivity contribution in [3.05, 3.63) is 40.2 Å². The number of piperidine rings is 1. The van der Waals surface area contributed by atoms with E-state index in [1.165, 1.54) is 4.90 Å². The van der Waals surface area contributed by atoms with Crippen LogP contribution in [-0.2, 0) is 4.74 Å². The van der Waals surface area contributed by atoms with Crippen molar-refractivity contribution in [1.82, 2.24) is 14.9 Å². The molecule has 1 fully saturated rings. The number of nitrogens with one attached hydrogen (secondary N) is 1. The zero-order chi connectivity index (χ0) is 19.0. The number of carbonyl (C=O) groups excluding carboxylic acids is 1. The number of likely N-dealkylation sites (tertiary alicyclic amines) is 1. The molecule has 27 heavy (non-hydrogen) atoms. The summed E-state index contributed by atoms with van der Waals surface area (Å²) >= 11 is 3.28. The maximum Gasteiger partial charge on any atom is 0.409 e. The number of benzene rings is 1. The van der Waals surface area contributed by atoms with Crippen molar-refractivity contribution >= 4 is 29.6 Å². The van der Waals surface area contributed by atoms with Gasteiger partial charge < -0.3 is 14.6 Å². The first-order valence-electron chi connectivity index (χ1n) is 8.97. The van der Waals surface area contributed by atoms with Crippen molar-refractivity contribution in [2.75, 3.05) is 26.0 Å². The average molecular weight is 404 g/mol. The Hall–Kier alpha value is -1.93. The highest BCUT2D eigenvalue weighted by atomic mass is 32.2. The maximum atomic E-state index is 12.8. The van der Waals surface area contributed by atoms with E-state index in [0.717, 1.165) is 22.6 Å². The fourth-order valence-electron chi connectivity index (χ4n) is 3.65. The van der Waals surface area contributed by atoms with Crippen LogP contribution < -0.4 is 5.56 Å². The molecule has 4 rings (SSSR count). The van der Waals surface area contributed by atoms with Crippen LogP contribution in [0.1, 0.15) is 24.8 Å². The Balaban J connectivity index is 1.60. The number of H-pyrrole nitrogens is 1. The lowest BCUT2D eigenvalue weighted by molar-refractivity contribution is 0.0985. The summed E-state index contributed by atoms with van der Waals surface area (Å²) < 4.78 is 5.12. The van der Waals surface area contributed by atoms with Crippen molar-refractivity contribution in [1.29, 1.82) is 0 Å². The van der Waals surface area contributed by atoms with Crippen LogP contribution in [0.2, 0.25) is 0 Å². The summed E-state index contributed by atoms with van der Waals surface area (Å²) in [7, 11) is 0. The molecule has 2 aliphatic heterocycles. The minimum absolute atomic E-state index is 0.0615. The highest BCUT2D eigenvalue weighted by Crippen LogP contribution is 2.47. The topological polar surface area (TPSA) is 75.3 Å². The van der Waals surface area contributed by atoms with E-state index < -0.39 is 0 Å². The van der Waals surface area contributed by atoms with Crippen molar-refractivity contribution in [3.63, 3.8) is 0 Å². The third-order valence-electron chi connectivity index (χ3n) is 5.00. The largest absolute Gasteiger partial charge is 0.450 e. The Bertz CT molecular complexity index is 913. The number of rotatable bonds is 3. The van der Waals surface area contributed by atoms with Gasteiger partial charge in [0.1, 0.15) is 10.9 Å². The summed E-state index contributed by atoms with van der Waals surface area (Å²) in [5.41, 5.74) is 1.61. The number of fused-ring (bicyclic) bond motifs is 3. The first kappa shape index (κ1) is 18.4. The van der Waals surface area contributed by atoms with Crippen LogP contribution in [0.5, 0.6) is 0 Å². The lowest BCUT2D eigenvalue weighted by Crippen LogP contribution is -2.44. The van der Waals surface area contributed by atoms with Crippen LogP contribution in [0.4, 0.5) is 4.79 Å². The summed E-state index contributed by atoms with van der Waals surface area (Å²) in [6.45, 7) is 3.37. The number of nitrogens with zero attached hydrogens (tertiary/aromatic N) is 2. The quantitative estimate of drug-likeness (QED) is 0.624. The summed E-state index contributed by atoms with van der Waals surface area (Å²) in [5, 5.41) is 0.948. The first-order chi connectivity index (χ1) is 13.1. The molecule has 1 saturated heterocycles. The van der Waals surface area contributed by atoms with E-state index in [0.29, 0.717) is 25.5 Å². The maximum absolute atomic E-state index is 12.8. The summed E-state index contributed by atoms with van der Waals surface area (Å²) in [4.78, 5) is 35.4. The number of carbonyl (C=O) groups is 1. The molecule has 0 radical (unpaired) electrons. The van der Waals surface area contributed by atoms with Gasteiger partial charge in [0.25, 0.3) is 5.56 Å². The Labute approximate surface area is 166 Å². The Morgan fingerprint density at radius 3 is 2.89 bits per heavy atom. The van der Waals surface area contributed by atoms with E-state index in [4.69, 9.17) is 9.72 Å². The molecule has 6 nitrogen and oxygen atoms in total. The van der Waals surface area contributed by atoms with Crippen molar-refractivity contribution in [2.45, 2.75) is 34.4 Å². The van der Waals surface area contributed by atoms with E-state index in [1.807, 2.05) is 37.4 Å². The number of amides is 1. The van der Waals surface area contributed by atoms with Gasteiger partial charge in [-0.1, -0.05) is 23.9 Å². The van der Waals surface area contributed by atoms with Gasteiger partial charge in [-0.3, -0.25) is 4.79 Å². The summed E-state index contributed by atoms with van der Waals surface area (Å²) in [5.74, 6) is 0.736. The van der Waals surface area contributed by atoms with Crippen LogP contribution in [0.3, 0.4) is 0 Å². The van der Waals surface area contributed by atoms with E-state index in [9.17, 15) is 9.59 Å². The van der Waals surface area contributed by atoms with Gasteiger partial charge in [0.15, 0.2) is 0 Å². The van der Waals surface area contributed by atoms with Gasteiger partial charge in [0.05, 0.1) is 12.2 Å². The molecule has 2 aromatic rings. The molecule has 142 valence electrons. The number of hydrogen-bond acceptors (Lipinski definition) is 6. The second-order valence-electron chi connectivity index (χ2n) is 6.56. The van der Waals surface area contributed by atoms with Crippen LogP contribution >= 0.6 is 23.5 Å². The molecule has 2 atom stereocenters. The minimum atomic E-state index is -0.274. The van der Waals surface area contributed by atoms with Crippen molar-refractivity contribution in [3.8, 4) is 11.4 Å². The Morgan fingerprint density at radius 2 is 2.19 bits per heavy atom. The second kappa shape index (κ2) is 7.59. The predicted octanol–water partition coefficient (Wildman–Crippen LogP) is 3.58. The molecule has 2 unspecified atom stereocenters. The SMILES string of the molecule is CCOC(=O)N1CCC2c3c(nc(-c4ccc(SC)cc4)[nH]c3=O)SC2C1. The van der Waals surface area contributed by atoms with E-state index >= 15 is 0 Å². The molecular weight excluding hydrogens is 382 g/mol. The third-order valence-corrected chi connectivity index (χ3v) is 7.06. The normalized spacial score (nSPS) is 20.9. The number of thioether (sulfide) groups is 2. The molecule has 1 aromatic carbocycles. The van der Waals surface area contributed by atoms with Crippen LogP contribution in [-0.4, -0.2) is 52.2 Å².